The van der Waals surface area contributed by atoms with Crippen molar-refractivity contribution in [3.8, 4) is 17.2 Å². The maximum absolute atomic E-state index is 5.80. The first-order chi connectivity index (χ1) is 12.3. The predicted molar refractivity (Wildman–Crippen MR) is 93.4 cm³/mol. The van der Waals surface area contributed by atoms with Crippen LogP contribution in [0.1, 0.15) is 5.56 Å². The highest BCUT2D eigenvalue weighted by molar-refractivity contribution is 5.83. The van der Waals surface area contributed by atoms with Gasteiger partial charge in [0.1, 0.15) is 43.1 Å². The van der Waals surface area contributed by atoms with Gasteiger partial charge in [-0.25, -0.2) is 4.68 Å². The van der Waals surface area contributed by atoms with Crippen molar-refractivity contribution in [1.82, 2.24) is 14.9 Å². The van der Waals surface area contributed by atoms with Crippen molar-refractivity contribution in [2.45, 2.75) is 0 Å². The monoisotopic (exact) mass is 338 g/mol. The largest absolute Gasteiger partial charge is 0.497 e. The topological polar surface area (TPSA) is 70.8 Å². The molecule has 0 spiro atoms. The van der Waals surface area contributed by atoms with Crippen LogP contribution in [0.5, 0.6) is 17.2 Å². The van der Waals surface area contributed by atoms with E-state index in [2.05, 4.69) is 15.3 Å². The highest BCUT2D eigenvalue weighted by Gasteiger charge is 2.02. The molecule has 0 unspecified atom stereocenters. The zero-order valence-electron chi connectivity index (χ0n) is 13.8. The molecular weight excluding hydrogens is 320 g/mol. The number of para-hydroxylation sites is 1. The van der Waals surface area contributed by atoms with E-state index in [9.17, 15) is 0 Å². The third kappa shape index (κ3) is 4.81. The maximum atomic E-state index is 5.80. The molecule has 0 amide bonds. The maximum Gasteiger partial charge on any atom is 0.141 e. The van der Waals surface area contributed by atoms with Crippen molar-refractivity contribution in [3.05, 3.63) is 66.7 Å². The van der Waals surface area contributed by atoms with Crippen molar-refractivity contribution in [2.24, 2.45) is 5.10 Å². The summed E-state index contributed by atoms with van der Waals surface area (Å²) in [5.41, 5.74) is 0.859. The zero-order valence-corrected chi connectivity index (χ0v) is 13.8. The Balaban J connectivity index is 1.54. The van der Waals surface area contributed by atoms with E-state index in [0.29, 0.717) is 13.2 Å². The molecule has 7 heteroatoms. The first kappa shape index (κ1) is 16.5. The fourth-order valence-electron chi connectivity index (χ4n) is 2.10. The Bertz CT molecular complexity index is 819. The van der Waals surface area contributed by atoms with Crippen molar-refractivity contribution in [2.75, 3.05) is 20.3 Å². The molecule has 0 saturated carbocycles. The van der Waals surface area contributed by atoms with Crippen LogP contribution in [0.25, 0.3) is 0 Å². The van der Waals surface area contributed by atoms with Gasteiger partial charge in [-0.05, 0) is 24.3 Å². The molecule has 1 heterocycles. The van der Waals surface area contributed by atoms with E-state index in [0.717, 1.165) is 22.8 Å². The summed E-state index contributed by atoms with van der Waals surface area (Å²) in [5.74, 6) is 2.23. The first-order valence-corrected chi connectivity index (χ1v) is 7.73. The van der Waals surface area contributed by atoms with Gasteiger partial charge in [0, 0.05) is 11.6 Å². The summed E-state index contributed by atoms with van der Waals surface area (Å²) in [6.45, 7) is 0.832. The molecule has 1 aromatic heterocycles. The fourth-order valence-corrected chi connectivity index (χ4v) is 2.10. The number of nitrogens with zero attached hydrogens (tertiary/aromatic N) is 4. The average Bonchev–Trinajstić information content (AvgIpc) is 3.18. The molecule has 0 radical (unpaired) electrons. The van der Waals surface area contributed by atoms with Gasteiger partial charge in [-0.2, -0.15) is 5.10 Å². The Morgan fingerprint density at radius 1 is 0.960 bits per heavy atom. The van der Waals surface area contributed by atoms with Crippen LogP contribution in [0.2, 0.25) is 0 Å². The van der Waals surface area contributed by atoms with Crippen LogP contribution >= 0.6 is 0 Å². The van der Waals surface area contributed by atoms with Gasteiger partial charge in [0.05, 0.1) is 13.3 Å². The molecule has 7 nitrogen and oxygen atoms in total. The van der Waals surface area contributed by atoms with E-state index in [-0.39, 0.29) is 0 Å². The lowest BCUT2D eigenvalue weighted by molar-refractivity contribution is 0.216. The van der Waals surface area contributed by atoms with Gasteiger partial charge in [-0.15, -0.1) is 10.2 Å². The van der Waals surface area contributed by atoms with E-state index < -0.39 is 0 Å². The van der Waals surface area contributed by atoms with Gasteiger partial charge in [0.25, 0.3) is 0 Å². The number of rotatable bonds is 8. The van der Waals surface area contributed by atoms with Gasteiger partial charge in [0.2, 0.25) is 0 Å². The van der Waals surface area contributed by atoms with E-state index in [1.165, 1.54) is 17.3 Å². The predicted octanol–water partition coefficient (Wildman–Crippen LogP) is 2.63. The number of methoxy groups -OCH3 is 1. The van der Waals surface area contributed by atoms with Crippen LogP contribution in [0, 0.1) is 0 Å². The molecular formula is C18H18N4O3. The molecule has 0 N–H and O–H groups in total. The summed E-state index contributed by atoms with van der Waals surface area (Å²) in [7, 11) is 1.63. The molecule has 0 aliphatic carbocycles. The summed E-state index contributed by atoms with van der Waals surface area (Å²) in [6, 6.07) is 15.1. The standard InChI is InChI=1S/C18H18N4O3/c1-23-16-6-4-7-17(11-16)24-9-10-25-18-8-3-2-5-15(18)12-21-22-13-19-20-14-22/h2-8,11-14H,9-10H2,1H3/b21-12+. The second kappa shape index (κ2) is 8.49. The summed E-state index contributed by atoms with van der Waals surface area (Å²) < 4.78 is 18.2. The lowest BCUT2D eigenvalue weighted by atomic mass is 10.2. The minimum absolute atomic E-state index is 0.411. The molecule has 25 heavy (non-hydrogen) atoms. The molecule has 3 rings (SSSR count). The Kier molecular flexibility index (Phi) is 5.60. The summed E-state index contributed by atoms with van der Waals surface area (Å²) in [6.07, 6.45) is 4.73. The summed E-state index contributed by atoms with van der Waals surface area (Å²) in [5, 5.41) is 11.6. The van der Waals surface area contributed by atoms with Gasteiger partial charge in [-0.1, -0.05) is 18.2 Å². The second-order valence-electron chi connectivity index (χ2n) is 5.00. The number of aromatic nitrogens is 3. The third-order valence-electron chi connectivity index (χ3n) is 3.31. The molecule has 2 aromatic carbocycles. The zero-order chi connectivity index (χ0) is 17.3. The van der Waals surface area contributed by atoms with E-state index in [1.54, 1.807) is 13.3 Å². The Morgan fingerprint density at radius 2 is 1.72 bits per heavy atom. The lowest BCUT2D eigenvalue weighted by Crippen LogP contribution is -2.10. The number of benzene rings is 2. The molecule has 128 valence electrons. The van der Waals surface area contributed by atoms with Gasteiger partial charge in [-0.3, -0.25) is 0 Å². The fraction of sp³-hybridized carbons (Fsp3) is 0.167. The van der Waals surface area contributed by atoms with Crippen molar-refractivity contribution >= 4 is 6.21 Å². The minimum atomic E-state index is 0.411. The van der Waals surface area contributed by atoms with Crippen molar-refractivity contribution in [3.63, 3.8) is 0 Å². The van der Waals surface area contributed by atoms with Gasteiger partial charge < -0.3 is 14.2 Å². The van der Waals surface area contributed by atoms with Crippen LogP contribution in [0.3, 0.4) is 0 Å². The van der Waals surface area contributed by atoms with E-state index in [4.69, 9.17) is 14.2 Å². The van der Waals surface area contributed by atoms with Crippen molar-refractivity contribution in [1.29, 1.82) is 0 Å². The second-order valence-corrected chi connectivity index (χ2v) is 5.00. The third-order valence-corrected chi connectivity index (χ3v) is 3.31. The normalized spacial score (nSPS) is 10.8. The quantitative estimate of drug-likeness (QED) is 0.466. The molecule has 0 fully saturated rings. The van der Waals surface area contributed by atoms with Crippen LogP contribution < -0.4 is 14.2 Å². The molecule has 0 atom stereocenters. The lowest BCUT2D eigenvalue weighted by Gasteiger charge is -2.10. The van der Waals surface area contributed by atoms with Crippen molar-refractivity contribution < 1.29 is 14.2 Å². The minimum Gasteiger partial charge on any atom is -0.497 e. The van der Waals surface area contributed by atoms with Crippen LogP contribution in [0.15, 0.2) is 66.3 Å². The number of ether oxygens (including phenoxy) is 3. The molecule has 0 saturated heterocycles. The Hall–Kier alpha value is -3.35. The molecule has 0 aliphatic rings. The van der Waals surface area contributed by atoms with Gasteiger partial charge >= 0.3 is 0 Å². The summed E-state index contributed by atoms with van der Waals surface area (Å²) in [4.78, 5) is 0. The van der Waals surface area contributed by atoms with Crippen LogP contribution in [0.4, 0.5) is 0 Å². The SMILES string of the molecule is COc1cccc(OCCOc2ccccc2/C=N/n2cnnc2)c1. The Labute approximate surface area is 145 Å². The number of hydrogen-bond donors (Lipinski definition) is 0. The highest BCUT2D eigenvalue weighted by atomic mass is 16.5. The smallest absolute Gasteiger partial charge is 0.141 e. The summed E-state index contributed by atoms with van der Waals surface area (Å²) >= 11 is 0. The Morgan fingerprint density at radius 3 is 2.56 bits per heavy atom. The number of hydrogen-bond acceptors (Lipinski definition) is 6. The van der Waals surface area contributed by atoms with E-state index in [1.807, 2.05) is 48.5 Å². The van der Waals surface area contributed by atoms with Crippen LogP contribution in [-0.2, 0) is 0 Å². The highest BCUT2D eigenvalue weighted by Crippen LogP contribution is 2.19. The van der Waals surface area contributed by atoms with E-state index >= 15 is 0 Å². The first-order valence-electron chi connectivity index (χ1n) is 7.73. The molecule has 3 aromatic rings. The average molecular weight is 338 g/mol. The van der Waals surface area contributed by atoms with Crippen LogP contribution in [-0.4, -0.2) is 41.4 Å². The molecule has 0 aliphatic heterocycles. The molecule has 0 bridgehead atoms. The van der Waals surface area contributed by atoms with Gasteiger partial charge in [0.15, 0.2) is 0 Å².